The van der Waals surface area contributed by atoms with E-state index in [1.807, 2.05) is 13.0 Å². The Labute approximate surface area is 104 Å². The first-order valence-corrected chi connectivity index (χ1v) is 5.65. The molecule has 0 fully saturated rings. The number of benzene rings is 1. The molecule has 96 valence electrons. The molecule has 1 atom stereocenters. The van der Waals surface area contributed by atoms with E-state index >= 15 is 0 Å². The van der Waals surface area contributed by atoms with Gasteiger partial charge in [-0.05, 0) is 25.0 Å². The van der Waals surface area contributed by atoms with Gasteiger partial charge in [0.05, 0.1) is 11.8 Å². The van der Waals surface area contributed by atoms with E-state index in [4.69, 9.17) is 5.26 Å². The Morgan fingerprint density at radius 1 is 1.44 bits per heavy atom. The summed E-state index contributed by atoms with van der Waals surface area (Å²) < 4.78 is 26.7. The van der Waals surface area contributed by atoms with Crippen molar-refractivity contribution >= 4 is 11.6 Å². The Morgan fingerprint density at radius 3 is 2.67 bits per heavy atom. The van der Waals surface area contributed by atoms with Crippen LogP contribution in [0.25, 0.3) is 0 Å². The Balaban J connectivity index is 2.88. The van der Waals surface area contributed by atoms with Gasteiger partial charge in [-0.3, -0.25) is 4.79 Å². The molecule has 0 aliphatic heterocycles. The van der Waals surface area contributed by atoms with Crippen LogP contribution in [0.2, 0.25) is 0 Å². The molecule has 0 radical (unpaired) electrons. The standard InChI is InChI=1S/C13H14F2N2O/c1-3-4-9(7-16)13(18)17-12-6-10(14)8(2)5-11(12)15/h5-6,9H,3-4H2,1-2H3,(H,17,18). The van der Waals surface area contributed by atoms with Crippen LogP contribution in [-0.2, 0) is 4.79 Å². The molecule has 0 spiro atoms. The normalized spacial score (nSPS) is 11.7. The minimum absolute atomic E-state index is 0.163. The molecule has 0 heterocycles. The predicted octanol–water partition coefficient (Wildman–Crippen LogP) is 3.15. The number of carbonyl (C=O) groups excluding carboxylic acids is 1. The maximum Gasteiger partial charge on any atom is 0.241 e. The van der Waals surface area contributed by atoms with Crippen molar-refractivity contribution in [1.82, 2.24) is 0 Å². The summed E-state index contributed by atoms with van der Waals surface area (Å²) in [6, 6.07) is 3.77. The average molecular weight is 252 g/mol. The summed E-state index contributed by atoms with van der Waals surface area (Å²) in [6.07, 6.45) is 1.05. The lowest BCUT2D eigenvalue weighted by Crippen LogP contribution is -2.22. The molecular weight excluding hydrogens is 238 g/mol. The zero-order valence-electron chi connectivity index (χ0n) is 10.3. The van der Waals surface area contributed by atoms with Gasteiger partial charge in [-0.25, -0.2) is 8.78 Å². The molecule has 1 aromatic rings. The quantitative estimate of drug-likeness (QED) is 0.894. The van der Waals surface area contributed by atoms with Crippen LogP contribution in [0.5, 0.6) is 0 Å². The second-order valence-corrected chi connectivity index (χ2v) is 4.04. The lowest BCUT2D eigenvalue weighted by molar-refractivity contribution is -0.118. The van der Waals surface area contributed by atoms with Gasteiger partial charge in [0.15, 0.2) is 0 Å². The van der Waals surface area contributed by atoms with Crippen LogP contribution in [-0.4, -0.2) is 5.91 Å². The van der Waals surface area contributed by atoms with E-state index in [2.05, 4.69) is 5.32 Å². The van der Waals surface area contributed by atoms with Crippen LogP contribution in [0.1, 0.15) is 25.3 Å². The number of amides is 1. The number of hydrogen-bond acceptors (Lipinski definition) is 2. The highest BCUT2D eigenvalue weighted by molar-refractivity contribution is 5.94. The third-order valence-electron chi connectivity index (χ3n) is 2.56. The van der Waals surface area contributed by atoms with Crippen LogP contribution >= 0.6 is 0 Å². The summed E-state index contributed by atoms with van der Waals surface area (Å²) in [5.41, 5.74) is -0.0738. The number of hydrogen-bond donors (Lipinski definition) is 1. The monoisotopic (exact) mass is 252 g/mol. The maximum absolute atomic E-state index is 13.5. The highest BCUT2D eigenvalue weighted by Gasteiger charge is 2.18. The van der Waals surface area contributed by atoms with Crippen molar-refractivity contribution in [2.45, 2.75) is 26.7 Å². The maximum atomic E-state index is 13.5. The molecule has 0 aliphatic rings. The van der Waals surface area contributed by atoms with E-state index in [0.717, 1.165) is 12.1 Å². The summed E-state index contributed by atoms with van der Waals surface area (Å²) in [5, 5.41) is 11.0. The Kier molecular flexibility index (Phi) is 4.78. The number of anilines is 1. The third-order valence-corrected chi connectivity index (χ3v) is 2.56. The Bertz CT molecular complexity index is 494. The molecule has 0 saturated carbocycles. The van der Waals surface area contributed by atoms with E-state index in [1.165, 1.54) is 6.92 Å². The van der Waals surface area contributed by atoms with Crippen molar-refractivity contribution in [3.05, 3.63) is 29.3 Å². The summed E-state index contributed by atoms with van der Waals surface area (Å²) in [5.74, 6) is -2.77. The fraction of sp³-hybridized carbons (Fsp3) is 0.385. The number of nitriles is 1. The van der Waals surface area contributed by atoms with Crippen molar-refractivity contribution in [3.63, 3.8) is 0 Å². The number of halogens is 2. The minimum atomic E-state index is -0.848. The molecule has 3 nitrogen and oxygen atoms in total. The first kappa shape index (κ1) is 14.1. The van der Waals surface area contributed by atoms with Gasteiger partial charge < -0.3 is 5.32 Å². The summed E-state index contributed by atoms with van der Waals surface area (Å²) in [7, 11) is 0. The molecule has 1 N–H and O–H groups in total. The SMILES string of the molecule is CCCC(C#N)C(=O)Nc1cc(F)c(C)cc1F. The van der Waals surface area contributed by atoms with E-state index in [-0.39, 0.29) is 11.3 Å². The first-order valence-electron chi connectivity index (χ1n) is 5.65. The van der Waals surface area contributed by atoms with Gasteiger partial charge in [0.2, 0.25) is 5.91 Å². The summed E-state index contributed by atoms with van der Waals surface area (Å²) in [6.45, 7) is 3.27. The van der Waals surface area contributed by atoms with E-state index in [0.29, 0.717) is 12.8 Å². The van der Waals surface area contributed by atoms with Gasteiger partial charge in [0.25, 0.3) is 0 Å². The van der Waals surface area contributed by atoms with Gasteiger partial charge in [0, 0.05) is 6.07 Å². The van der Waals surface area contributed by atoms with Gasteiger partial charge >= 0.3 is 0 Å². The molecular formula is C13H14F2N2O. The smallest absolute Gasteiger partial charge is 0.241 e. The molecule has 1 rings (SSSR count). The van der Waals surface area contributed by atoms with Crippen molar-refractivity contribution in [1.29, 1.82) is 5.26 Å². The largest absolute Gasteiger partial charge is 0.322 e. The third kappa shape index (κ3) is 3.27. The minimum Gasteiger partial charge on any atom is -0.322 e. The average Bonchev–Trinajstić information content (AvgIpc) is 2.32. The zero-order chi connectivity index (χ0) is 13.7. The number of carbonyl (C=O) groups is 1. The first-order chi connectivity index (χ1) is 8.49. The lowest BCUT2D eigenvalue weighted by Gasteiger charge is -2.10. The molecule has 18 heavy (non-hydrogen) atoms. The zero-order valence-corrected chi connectivity index (χ0v) is 10.3. The molecule has 1 aromatic carbocycles. The number of rotatable bonds is 4. The lowest BCUT2D eigenvalue weighted by atomic mass is 10.0. The van der Waals surface area contributed by atoms with E-state index < -0.39 is 23.5 Å². The molecule has 0 aromatic heterocycles. The van der Waals surface area contributed by atoms with Crippen LogP contribution in [0.15, 0.2) is 12.1 Å². The van der Waals surface area contributed by atoms with E-state index in [1.54, 1.807) is 0 Å². The van der Waals surface area contributed by atoms with Crippen LogP contribution in [0, 0.1) is 35.8 Å². The van der Waals surface area contributed by atoms with Crippen molar-refractivity contribution in [2.24, 2.45) is 5.92 Å². The number of nitrogens with zero attached hydrogens (tertiary/aromatic N) is 1. The van der Waals surface area contributed by atoms with E-state index in [9.17, 15) is 13.6 Å². The molecule has 1 unspecified atom stereocenters. The highest BCUT2D eigenvalue weighted by Crippen LogP contribution is 2.20. The molecule has 1 amide bonds. The summed E-state index contributed by atoms with van der Waals surface area (Å²) in [4.78, 5) is 11.7. The van der Waals surface area contributed by atoms with Crippen molar-refractivity contribution in [3.8, 4) is 6.07 Å². The van der Waals surface area contributed by atoms with Crippen LogP contribution < -0.4 is 5.32 Å². The Hall–Kier alpha value is -1.96. The molecule has 0 bridgehead atoms. The van der Waals surface area contributed by atoms with Crippen molar-refractivity contribution < 1.29 is 13.6 Å². The fourth-order valence-electron chi connectivity index (χ4n) is 1.50. The van der Waals surface area contributed by atoms with Gasteiger partial charge in [-0.2, -0.15) is 5.26 Å². The van der Waals surface area contributed by atoms with Crippen molar-refractivity contribution in [2.75, 3.05) is 5.32 Å². The molecule has 5 heteroatoms. The van der Waals surface area contributed by atoms with Crippen LogP contribution in [0.4, 0.5) is 14.5 Å². The van der Waals surface area contributed by atoms with Gasteiger partial charge in [0.1, 0.15) is 17.6 Å². The second kappa shape index (κ2) is 6.10. The van der Waals surface area contributed by atoms with Crippen LogP contribution in [0.3, 0.4) is 0 Å². The predicted molar refractivity (Wildman–Crippen MR) is 63.7 cm³/mol. The molecule has 0 aliphatic carbocycles. The summed E-state index contributed by atoms with van der Waals surface area (Å²) >= 11 is 0. The van der Waals surface area contributed by atoms with Gasteiger partial charge in [-0.15, -0.1) is 0 Å². The fourth-order valence-corrected chi connectivity index (χ4v) is 1.50. The second-order valence-electron chi connectivity index (χ2n) is 4.04. The number of aryl methyl sites for hydroxylation is 1. The Morgan fingerprint density at radius 2 is 2.11 bits per heavy atom. The van der Waals surface area contributed by atoms with Gasteiger partial charge in [-0.1, -0.05) is 13.3 Å². The topological polar surface area (TPSA) is 52.9 Å². The highest BCUT2D eigenvalue weighted by atomic mass is 19.1. The molecule has 0 saturated heterocycles. The number of nitrogens with one attached hydrogen (secondary N) is 1.